The van der Waals surface area contributed by atoms with Gasteiger partial charge in [-0.3, -0.25) is 0 Å². The Morgan fingerprint density at radius 1 is 1.86 bits per heavy atom. The third-order valence-corrected chi connectivity index (χ3v) is 2.05. The van der Waals surface area contributed by atoms with Gasteiger partial charge in [0, 0.05) is 11.7 Å². The maximum Gasteiger partial charge on any atom is 0.0642 e. The lowest BCUT2D eigenvalue weighted by Crippen LogP contribution is -2.03. The van der Waals surface area contributed by atoms with Gasteiger partial charge in [0.05, 0.1) is 11.4 Å². The molecule has 2 nitrogen and oxygen atoms in total. The van der Waals surface area contributed by atoms with E-state index in [0.29, 0.717) is 11.7 Å². The molecule has 0 amide bonds. The summed E-state index contributed by atoms with van der Waals surface area (Å²) in [5, 5.41) is 8.79. The van der Waals surface area contributed by atoms with Crippen molar-refractivity contribution in [1.82, 2.24) is 0 Å². The highest BCUT2D eigenvalue weighted by Gasteiger charge is 2.33. The van der Waals surface area contributed by atoms with Crippen molar-refractivity contribution in [2.24, 2.45) is 5.73 Å². The normalized spacial score (nSPS) is 37.1. The molecule has 1 rings (SSSR count). The number of thioether (sulfide) groups is 1. The van der Waals surface area contributed by atoms with Gasteiger partial charge in [-0.2, -0.15) is 5.26 Å². The number of hydrogen-bond acceptors (Lipinski definition) is 3. The van der Waals surface area contributed by atoms with Gasteiger partial charge < -0.3 is 5.73 Å². The molecule has 2 unspecified atom stereocenters. The predicted molar refractivity (Wildman–Crippen MR) is 29.6 cm³/mol. The van der Waals surface area contributed by atoms with Gasteiger partial charge in [-0.25, -0.2) is 0 Å². The SMILES string of the molecule is N#CCC1SC1N. The van der Waals surface area contributed by atoms with E-state index in [9.17, 15) is 0 Å². The summed E-state index contributed by atoms with van der Waals surface area (Å²) in [7, 11) is 0. The molecule has 0 aliphatic carbocycles. The van der Waals surface area contributed by atoms with Crippen LogP contribution in [0.2, 0.25) is 0 Å². The summed E-state index contributed by atoms with van der Waals surface area (Å²) < 4.78 is 0. The molecular weight excluding hydrogens is 108 g/mol. The number of rotatable bonds is 1. The number of nitriles is 1. The minimum atomic E-state index is 0.264. The summed E-state index contributed by atoms with van der Waals surface area (Å²) in [6, 6.07) is 2.06. The van der Waals surface area contributed by atoms with Crippen LogP contribution in [0.3, 0.4) is 0 Å². The van der Waals surface area contributed by atoms with Crippen LogP contribution in [0.4, 0.5) is 0 Å². The van der Waals surface area contributed by atoms with Crippen LogP contribution in [0.1, 0.15) is 6.42 Å². The first-order chi connectivity index (χ1) is 3.34. The van der Waals surface area contributed by atoms with E-state index < -0.39 is 0 Å². The van der Waals surface area contributed by atoms with Gasteiger partial charge in [0.1, 0.15) is 0 Å². The highest BCUT2D eigenvalue weighted by atomic mass is 32.2. The zero-order chi connectivity index (χ0) is 5.28. The average Bonchev–Trinajstić information content (AvgIpc) is 2.22. The second-order valence-electron chi connectivity index (χ2n) is 1.50. The summed E-state index contributed by atoms with van der Waals surface area (Å²) >= 11 is 1.67. The van der Waals surface area contributed by atoms with E-state index >= 15 is 0 Å². The zero-order valence-corrected chi connectivity index (χ0v) is 4.61. The highest BCUT2D eigenvalue weighted by Crippen LogP contribution is 2.38. The third kappa shape index (κ3) is 1.08. The molecule has 1 aliphatic heterocycles. The van der Waals surface area contributed by atoms with Gasteiger partial charge in [-0.1, -0.05) is 0 Å². The first-order valence-electron chi connectivity index (χ1n) is 2.12. The van der Waals surface area contributed by atoms with Gasteiger partial charge in [0.25, 0.3) is 0 Å². The van der Waals surface area contributed by atoms with Gasteiger partial charge >= 0.3 is 0 Å². The molecule has 0 radical (unpaired) electrons. The fraction of sp³-hybridized carbons (Fsp3) is 0.750. The Labute approximate surface area is 46.7 Å². The second kappa shape index (κ2) is 1.73. The summed E-state index contributed by atoms with van der Waals surface area (Å²) in [6.45, 7) is 0. The lowest BCUT2D eigenvalue weighted by Gasteiger charge is -1.74. The molecule has 0 aromatic rings. The molecule has 1 saturated heterocycles. The molecule has 0 spiro atoms. The largest absolute Gasteiger partial charge is 0.318 e. The Morgan fingerprint density at radius 3 is 2.57 bits per heavy atom. The number of nitrogens with two attached hydrogens (primary N) is 1. The number of nitrogens with zero attached hydrogens (tertiary/aromatic N) is 1. The standard InChI is InChI=1S/C4H6N2S/c5-2-1-3-4(6)7-3/h3-4H,1,6H2. The van der Waals surface area contributed by atoms with Gasteiger partial charge in [0.2, 0.25) is 0 Å². The molecule has 38 valence electrons. The quantitative estimate of drug-likeness (QED) is 0.499. The van der Waals surface area contributed by atoms with Crippen molar-refractivity contribution in [2.45, 2.75) is 17.0 Å². The zero-order valence-electron chi connectivity index (χ0n) is 3.79. The Balaban J connectivity index is 2.12. The fourth-order valence-corrected chi connectivity index (χ4v) is 0.991. The minimum absolute atomic E-state index is 0.264. The van der Waals surface area contributed by atoms with Gasteiger partial charge in [0.15, 0.2) is 0 Å². The van der Waals surface area contributed by atoms with Crippen LogP contribution < -0.4 is 5.73 Å². The fourth-order valence-electron chi connectivity index (χ4n) is 0.411. The second-order valence-corrected chi connectivity index (χ2v) is 2.92. The Morgan fingerprint density at radius 2 is 2.43 bits per heavy atom. The van der Waals surface area contributed by atoms with E-state index in [1.54, 1.807) is 11.8 Å². The summed E-state index contributed by atoms with van der Waals surface area (Å²) in [5.41, 5.74) is 5.36. The maximum atomic E-state index is 8.08. The molecule has 2 N–H and O–H groups in total. The van der Waals surface area contributed by atoms with E-state index in [4.69, 9.17) is 11.0 Å². The van der Waals surface area contributed by atoms with E-state index in [2.05, 4.69) is 6.07 Å². The third-order valence-electron chi connectivity index (χ3n) is 0.914. The molecular formula is C4H6N2S. The topological polar surface area (TPSA) is 49.8 Å². The van der Waals surface area contributed by atoms with Crippen LogP contribution in [-0.4, -0.2) is 10.6 Å². The van der Waals surface area contributed by atoms with E-state index in [-0.39, 0.29) is 5.37 Å². The van der Waals surface area contributed by atoms with Crippen LogP contribution in [-0.2, 0) is 0 Å². The highest BCUT2D eigenvalue weighted by molar-refractivity contribution is 8.07. The van der Waals surface area contributed by atoms with Crippen molar-refractivity contribution in [2.75, 3.05) is 0 Å². The predicted octanol–water partition coefficient (Wildman–Crippen LogP) is 0.300. The van der Waals surface area contributed by atoms with Gasteiger partial charge in [-0.15, -0.1) is 11.8 Å². The maximum absolute atomic E-state index is 8.08. The van der Waals surface area contributed by atoms with Crippen molar-refractivity contribution >= 4 is 11.8 Å². The van der Waals surface area contributed by atoms with Crippen molar-refractivity contribution < 1.29 is 0 Å². The average molecular weight is 114 g/mol. The Hall–Kier alpha value is -0.200. The van der Waals surface area contributed by atoms with Gasteiger partial charge in [-0.05, 0) is 0 Å². The molecule has 0 bridgehead atoms. The first-order valence-corrected chi connectivity index (χ1v) is 3.07. The van der Waals surface area contributed by atoms with E-state index in [1.165, 1.54) is 0 Å². The van der Waals surface area contributed by atoms with Crippen LogP contribution in [0, 0.1) is 11.3 Å². The van der Waals surface area contributed by atoms with Crippen LogP contribution in [0.25, 0.3) is 0 Å². The van der Waals surface area contributed by atoms with Crippen molar-refractivity contribution in [3.8, 4) is 6.07 Å². The molecule has 1 aliphatic rings. The van der Waals surface area contributed by atoms with E-state index in [0.717, 1.165) is 0 Å². The molecule has 3 heteroatoms. The molecule has 0 aromatic carbocycles. The smallest absolute Gasteiger partial charge is 0.0642 e. The lowest BCUT2D eigenvalue weighted by atomic mass is 10.3. The number of hydrogen-bond donors (Lipinski definition) is 1. The van der Waals surface area contributed by atoms with Crippen LogP contribution in [0.5, 0.6) is 0 Å². The Kier molecular flexibility index (Phi) is 1.22. The molecule has 1 heterocycles. The van der Waals surface area contributed by atoms with Crippen molar-refractivity contribution in [3.63, 3.8) is 0 Å². The van der Waals surface area contributed by atoms with Crippen LogP contribution in [0.15, 0.2) is 0 Å². The van der Waals surface area contributed by atoms with Crippen molar-refractivity contribution in [3.05, 3.63) is 0 Å². The summed E-state index contributed by atoms with van der Waals surface area (Å²) in [5.74, 6) is 0. The Bertz CT molecular complexity index is 107. The van der Waals surface area contributed by atoms with Crippen LogP contribution >= 0.6 is 11.8 Å². The monoisotopic (exact) mass is 114 g/mol. The lowest BCUT2D eigenvalue weighted by molar-refractivity contribution is 0.931. The minimum Gasteiger partial charge on any atom is -0.318 e. The molecule has 2 atom stereocenters. The first kappa shape index (κ1) is 4.95. The molecule has 0 saturated carbocycles. The molecule has 7 heavy (non-hydrogen) atoms. The van der Waals surface area contributed by atoms with E-state index in [1.807, 2.05) is 0 Å². The summed E-state index contributed by atoms with van der Waals surface area (Å²) in [6.07, 6.45) is 0.617. The molecule has 0 aromatic heterocycles. The summed E-state index contributed by atoms with van der Waals surface area (Å²) in [4.78, 5) is 0. The van der Waals surface area contributed by atoms with Crippen molar-refractivity contribution in [1.29, 1.82) is 5.26 Å². The molecule has 1 fully saturated rings.